The van der Waals surface area contributed by atoms with Crippen LogP contribution in [0.3, 0.4) is 0 Å². The summed E-state index contributed by atoms with van der Waals surface area (Å²) in [7, 11) is 1.40. The molecule has 0 fully saturated rings. The number of carbonyl (C=O) groups excluding carboxylic acids is 1. The van der Waals surface area contributed by atoms with Gasteiger partial charge in [0.05, 0.1) is 13.7 Å². The summed E-state index contributed by atoms with van der Waals surface area (Å²) in [5.74, 6) is -0.445. The van der Waals surface area contributed by atoms with Crippen molar-refractivity contribution in [2.45, 2.75) is 13.5 Å². The van der Waals surface area contributed by atoms with Crippen molar-refractivity contribution in [2.75, 3.05) is 7.11 Å². The second-order valence-electron chi connectivity index (χ2n) is 4.40. The summed E-state index contributed by atoms with van der Waals surface area (Å²) < 4.78 is 19.3. The van der Waals surface area contributed by atoms with E-state index in [9.17, 15) is 14.0 Å². The van der Waals surface area contributed by atoms with Crippen LogP contribution in [-0.4, -0.2) is 17.5 Å². The molecule has 1 aromatic heterocycles. The Labute approximate surface area is 115 Å². The van der Waals surface area contributed by atoms with E-state index in [1.165, 1.54) is 42.1 Å². The number of nitrogens with zero attached hydrogens (tertiary/aromatic N) is 1. The molecule has 0 spiro atoms. The number of halogens is 1. The van der Waals surface area contributed by atoms with E-state index < -0.39 is 0 Å². The monoisotopic (exact) mass is 275 g/mol. The smallest absolute Gasteiger partial charge is 0.293 e. The summed E-state index contributed by atoms with van der Waals surface area (Å²) in [5, 5.41) is 0. The lowest BCUT2D eigenvalue weighted by Gasteiger charge is -2.07. The lowest BCUT2D eigenvalue weighted by Crippen LogP contribution is -2.24. The van der Waals surface area contributed by atoms with E-state index in [0.717, 1.165) is 0 Å². The summed E-state index contributed by atoms with van der Waals surface area (Å²) in [5.41, 5.74) is 0.398. The summed E-state index contributed by atoms with van der Waals surface area (Å²) in [6.45, 7) is 1.48. The lowest BCUT2D eigenvalue weighted by molar-refractivity contribution is 0.0970. The van der Waals surface area contributed by atoms with E-state index in [1.807, 2.05) is 0 Å². The van der Waals surface area contributed by atoms with E-state index in [-0.39, 0.29) is 29.5 Å². The molecule has 0 atom stereocenters. The zero-order chi connectivity index (χ0) is 14.7. The summed E-state index contributed by atoms with van der Waals surface area (Å²) in [6.07, 6.45) is 1.51. The molecule has 20 heavy (non-hydrogen) atoms. The Balaban J connectivity index is 2.28. The SMILES string of the molecule is COc1cccn(CC(=O)c2ccc(F)c(C)c2)c1=O. The largest absolute Gasteiger partial charge is 0.491 e. The molecule has 0 bridgehead atoms. The Bertz CT molecular complexity index is 707. The third-order valence-corrected chi connectivity index (χ3v) is 3.00. The first-order valence-electron chi connectivity index (χ1n) is 6.05. The third kappa shape index (κ3) is 2.77. The molecule has 4 nitrogen and oxygen atoms in total. The van der Waals surface area contributed by atoms with E-state index >= 15 is 0 Å². The summed E-state index contributed by atoms with van der Waals surface area (Å²) >= 11 is 0. The van der Waals surface area contributed by atoms with Crippen LogP contribution in [0.5, 0.6) is 5.75 Å². The van der Waals surface area contributed by atoms with Crippen LogP contribution in [0.1, 0.15) is 15.9 Å². The average Bonchev–Trinajstić information content (AvgIpc) is 2.44. The van der Waals surface area contributed by atoms with Crippen LogP contribution < -0.4 is 10.3 Å². The van der Waals surface area contributed by atoms with Gasteiger partial charge < -0.3 is 9.30 Å². The number of methoxy groups -OCH3 is 1. The molecule has 1 aromatic carbocycles. The molecule has 0 aliphatic rings. The number of aromatic nitrogens is 1. The second kappa shape index (κ2) is 5.69. The number of aryl methyl sites for hydroxylation is 1. The van der Waals surface area contributed by atoms with E-state index in [4.69, 9.17) is 4.74 Å². The highest BCUT2D eigenvalue weighted by molar-refractivity contribution is 5.96. The van der Waals surface area contributed by atoms with Crippen molar-refractivity contribution in [2.24, 2.45) is 0 Å². The number of hydrogen-bond donors (Lipinski definition) is 0. The normalized spacial score (nSPS) is 10.3. The highest BCUT2D eigenvalue weighted by Gasteiger charge is 2.11. The number of ketones is 1. The van der Waals surface area contributed by atoms with Crippen molar-refractivity contribution in [3.8, 4) is 5.75 Å². The third-order valence-electron chi connectivity index (χ3n) is 3.00. The summed E-state index contributed by atoms with van der Waals surface area (Å²) in [6, 6.07) is 7.30. The number of benzene rings is 1. The fourth-order valence-electron chi connectivity index (χ4n) is 1.86. The van der Waals surface area contributed by atoms with E-state index in [2.05, 4.69) is 0 Å². The quantitative estimate of drug-likeness (QED) is 0.804. The molecule has 0 saturated carbocycles. The van der Waals surface area contributed by atoms with Crippen LogP contribution in [0.2, 0.25) is 0 Å². The number of Topliss-reactive ketones (excluding diaryl/α,β-unsaturated/α-hetero) is 1. The van der Waals surface area contributed by atoms with Crippen LogP contribution in [-0.2, 0) is 6.54 Å². The second-order valence-corrected chi connectivity index (χ2v) is 4.40. The topological polar surface area (TPSA) is 48.3 Å². The number of rotatable bonds is 4. The highest BCUT2D eigenvalue weighted by atomic mass is 19.1. The molecule has 5 heteroatoms. The minimum Gasteiger partial charge on any atom is -0.491 e. The maximum atomic E-state index is 13.2. The van der Waals surface area contributed by atoms with Crippen molar-refractivity contribution in [1.29, 1.82) is 0 Å². The van der Waals surface area contributed by atoms with Crippen LogP contribution in [0.25, 0.3) is 0 Å². The van der Waals surface area contributed by atoms with E-state index in [0.29, 0.717) is 11.1 Å². The zero-order valence-corrected chi connectivity index (χ0v) is 11.2. The van der Waals surface area contributed by atoms with Crippen LogP contribution in [0, 0.1) is 12.7 Å². The van der Waals surface area contributed by atoms with Crippen molar-refractivity contribution in [3.63, 3.8) is 0 Å². The number of ether oxygens (including phenoxy) is 1. The predicted octanol–water partition coefficient (Wildman–Crippen LogP) is 2.19. The molecule has 104 valence electrons. The Hall–Kier alpha value is -2.43. The van der Waals surface area contributed by atoms with Gasteiger partial charge in [0, 0.05) is 11.8 Å². The predicted molar refractivity (Wildman–Crippen MR) is 72.7 cm³/mol. The van der Waals surface area contributed by atoms with Crippen molar-refractivity contribution in [3.05, 3.63) is 63.8 Å². The minimum atomic E-state index is -0.373. The lowest BCUT2D eigenvalue weighted by atomic mass is 10.1. The average molecular weight is 275 g/mol. The molecule has 0 unspecified atom stereocenters. The first-order chi connectivity index (χ1) is 9.52. The Morgan fingerprint density at radius 3 is 2.75 bits per heavy atom. The molecular formula is C15H14FNO3. The van der Waals surface area contributed by atoms with Gasteiger partial charge in [-0.1, -0.05) is 0 Å². The van der Waals surface area contributed by atoms with Gasteiger partial charge in [-0.3, -0.25) is 9.59 Å². The number of pyridine rings is 1. The van der Waals surface area contributed by atoms with Crippen LogP contribution in [0.4, 0.5) is 4.39 Å². The van der Waals surface area contributed by atoms with Gasteiger partial charge in [-0.15, -0.1) is 0 Å². The number of carbonyl (C=O) groups is 1. The maximum Gasteiger partial charge on any atom is 0.293 e. The summed E-state index contributed by atoms with van der Waals surface area (Å²) in [4.78, 5) is 24.0. The molecule has 2 aromatic rings. The Morgan fingerprint density at radius 1 is 1.35 bits per heavy atom. The van der Waals surface area contributed by atoms with Crippen molar-refractivity contribution < 1.29 is 13.9 Å². The molecule has 0 aliphatic carbocycles. The highest BCUT2D eigenvalue weighted by Crippen LogP contribution is 2.10. The fourth-order valence-corrected chi connectivity index (χ4v) is 1.86. The Kier molecular flexibility index (Phi) is 3.98. The van der Waals surface area contributed by atoms with E-state index in [1.54, 1.807) is 13.0 Å². The van der Waals surface area contributed by atoms with Gasteiger partial charge in [-0.25, -0.2) is 4.39 Å². The van der Waals surface area contributed by atoms with Crippen LogP contribution in [0.15, 0.2) is 41.3 Å². The van der Waals surface area contributed by atoms with Crippen molar-refractivity contribution >= 4 is 5.78 Å². The minimum absolute atomic E-state index is 0.110. The molecule has 0 radical (unpaired) electrons. The van der Waals surface area contributed by atoms with Gasteiger partial charge in [0.15, 0.2) is 11.5 Å². The van der Waals surface area contributed by atoms with Gasteiger partial charge in [0.25, 0.3) is 5.56 Å². The van der Waals surface area contributed by atoms with Crippen LogP contribution >= 0.6 is 0 Å². The number of hydrogen-bond acceptors (Lipinski definition) is 3. The molecule has 0 aliphatic heterocycles. The maximum absolute atomic E-state index is 13.2. The standard InChI is InChI=1S/C15H14FNO3/c1-10-8-11(5-6-12(10)16)13(18)9-17-7-3-4-14(20-2)15(17)19/h3-8H,9H2,1-2H3. The van der Waals surface area contributed by atoms with Gasteiger partial charge >= 0.3 is 0 Å². The Morgan fingerprint density at radius 2 is 2.10 bits per heavy atom. The molecule has 0 N–H and O–H groups in total. The fraction of sp³-hybridized carbons (Fsp3) is 0.200. The molecule has 2 rings (SSSR count). The molecule has 1 heterocycles. The first kappa shape index (κ1) is 14.0. The van der Waals surface area contributed by atoms with Crippen molar-refractivity contribution in [1.82, 2.24) is 4.57 Å². The molecule has 0 saturated heterocycles. The zero-order valence-electron chi connectivity index (χ0n) is 11.2. The van der Waals surface area contributed by atoms with Gasteiger partial charge in [0.1, 0.15) is 5.82 Å². The first-order valence-corrected chi connectivity index (χ1v) is 6.05. The van der Waals surface area contributed by atoms with Gasteiger partial charge in [-0.2, -0.15) is 0 Å². The van der Waals surface area contributed by atoms with Gasteiger partial charge in [0.2, 0.25) is 0 Å². The van der Waals surface area contributed by atoms with Gasteiger partial charge in [-0.05, 0) is 42.8 Å². The molecule has 0 amide bonds. The molecular weight excluding hydrogens is 261 g/mol.